The summed E-state index contributed by atoms with van der Waals surface area (Å²) in [6, 6.07) is 18.2. The maximum absolute atomic E-state index is 15.3. The zero-order chi connectivity index (χ0) is 30.2. The van der Waals surface area contributed by atoms with Gasteiger partial charge in [0, 0.05) is 29.5 Å². The van der Waals surface area contributed by atoms with Crippen LogP contribution in [0.1, 0.15) is 78.9 Å². The molecule has 4 aliphatic rings. The van der Waals surface area contributed by atoms with Crippen molar-refractivity contribution in [2.45, 2.75) is 76.4 Å². The molecule has 230 valence electrons. The number of nitrogens with zero attached hydrogens (tertiary/aromatic N) is 1. The van der Waals surface area contributed by atoms with Gasteiger partial charge in [-0.3, -0.25) is 9.59 Å². The first-order chi connectivity index (χ1) is 21.5. The molecule has 2 aliphatic heterocycles. The summed E-state index contributed by atoms with van der Waals surface area (Å²) >= 11 is 0. The number of fused-ring (bicyclic) bond motifs is 2. The molecule has 7 nitrogen and oxygen atoms in total. The third kappa shape index (κ3) is 5.51. The lowest BCUT2D eigenvalue weighted by molar-refractivity contribution is -0.125. The Hall–Kier alpha value is -4.07. The smallest absolute Gasteiger partial charge is 0.257 e. The van der Waals surface area contributed by atoms with E-state index in [1.807, 2.05) is 29.2 Å². The van der Waals surface area contributed by atoms with Gasteiger partial charge in [0.2, 0.25) is 5.91 Å². The Labute approximate surface area is 258 Å². The SMILES string of the molecule is Cc1cccc(F)c1C(=O)N1C(c2ccc(NC3CCCC3)cc2)C(C(=O)Nc2ccc3c(c2)OCCO3)C[C@@H]2CCC[C@@H]21. The number of likely N-dealkylation sites (tertiary alicyclic amines) is 1. The zero-order valence-electron chi connectivity index (χ0n) is 25.2. The van der Waals surface area contributed by atoms with E-state index in [1.165, 1.54) is 31.7 Å². The highest BCUT2D eigenvalue weighted by Crippen LogP contribution is 2.49. The number of rotatable bonds is 6. The summed E-state index contributed by atoms with van der Waals surface area (Å²) in [7, 11) is 0. The minimum atomic E-state index is -0.543. The summed E-state index contributed by atoms with van der Waals surface area (Å²) in [6.45, 7) is 2.72. The van der Waals surface area contributed by atoms with Gasteiger partial charge in [0.05, 0.1) is 17.5 Å². The van der Waals surface area contributed by atoms with Crippen LogP contribution in [0.3, 0.4) is 0 Å². The molecule has 2 aliphatic carbocycles. The van der Waals surface area contributed by atoms with Gasteiger partial charge in [0.15, 0.2) is 11.5 Å². The van der Waals surface area contributed by atoms with Gasteiger partial charge in [-0.15, -0.1) is 0 Å². The van der Waals surface area contributed by atoms with Crippen molar-refractivity contribution in [1.29, 1.82) is 0 Å². The number of hydrogen-bond donors (Lipinski definition) is 2. The number of ether oxygens (including phenoxy) is 2. The molecule has 0 aromatic heterocycles. The van der Waals surface area contributed by atoms with Crippen LogP contribution in [-0.4, -0.2) is 42.0 Å². The van der Waals surface area contributed by atoms with Gasteiger partial charge in [-0.05, 0) is 86.4 Å². The maximum atomic E-state index is 15.3. The van der Waals surface area contributed by atoms with Crippen LogP contribution in [0, 0.1) is 24.6 Å². The first-order valence-corrected chi connectivity index (χ1v) is 16.1. The molecule has 0 radical (unpaired) electrons. The van der Waals surface area contributed by atoms with Crippen molar-refractivity contribution in [3.05, 3.63) is 83.2 Å². The van der Waals surface area contributed by atoms with Gasteiger partial charge >= 0.3 is 0 Å². The summed E-state index contributed by atoms with van der Waals surface area (Å²) in [4.78, 5) is 30.6. The van der Waals surface area contributed by atoms with Gasteiger partial charge < -0.3 is 25.0 Å². The van der Waals surface area contributed by atoms with E-state index in [0.717, 1.165) is 30.5 Å². The van der Waals surface area contributed by atoms with Crippen LogP contribution in [0.5, 0.6) is 11.5 Å². The molecule has 44 heavy (non-hydrogen) atoms. The summed E-state index contributed by atoms with van der Waals surface area (Å²) in [6.07, 6.45) is 8.24. The number of benzene rings is 3. The first kappa shape index (κ1) is 28.7. The normalized spacial score (nSPS) is 24.5. The number of anilines is 2. The molecule has 8 heteroatoms. The van der Waals surface area contributed by atoms with E-state index in [9.17, 15) is 9.59 Å². The van der Waals surface area contributed by atoms with E-state index >= 15 is 4.39 Å². The molecule has 7 rings (SSSR count). The summed E-state index contributed by atoms with van der Waals surface area (Å²) in [5.41, 5.74) is 3.23. The van der Waals surface area contributed by atoms with Crippen LogP contribution in [0.15, 0.2) is 60.7 Å². The van der Waals surface area contributed by atoms with Crippen LogP contribution < -0.4 is 20.1 Å². The number of piperidine rings is 1. The van der Waals surface area contributed by atoms with Gasteiger partial charge in [-0.2, -0.15) is 0 Å². The number of hydrogen-bond acceptors (Lipinski definition) is 5. The molecule has 2 N–H and O–H groups in total. The molecule has 3 aromatic rings. The Balaban J connectivity index is 1.25. The van der Waals surface area contributed by atoms with Crippen LogP contribution in [0.25, 0.3) is 0 Å². The Morgan fingerprint density at radius 2 is 1.61 bits per heavy atom. The third-order valence-electron chi connectivity index (χ3n) is 10.0. The Morgan fingerprint density at radius 1 is 0.864 bits per heavy atom. The topological polar surface area (TPSA) is 79.9 Å². The monoisotopic (exact) mass is 597 g/mol. The molecule has 2 unspecified atom stereocenters. The van der Waals surface area contributed by atoms with E-state index in [1.54, 1.807) is 25.1 Å². The minimum absolute atomic E-state index is 0.0545. The molecule has 2 heterocycles. The number of nitrogens with one attached hydrogen (secondary N) is 2. The molecule has 1 saturated heterocycles. The molecular weight excluding hydrogens is 557 g/mol. The number of carbonyl (C=O) groups excluding carboxylic acids is 2. The van der Waals surface area contributed by atoms with Gasteiger partial charge in [0.1, 0.15) is 19.0 Å². The van der Waals surface area contributed by atoms with Gasteiger partial charge in [0.25, 0.3) is 5.91 Å². The van der Waals surface area contributed by atoms with Crippen LogP contribution in [0.4, 0.5) is 15.8 Å². The number of amides is 2. The Morgan fingerprint density at radius 3 is 2.39 bits per heavy atom. The number of carbonyl (C=O) groups is 2. The van der Waals surface area contributed by atoms with E-state index in [4.69, 9.17) is 9.47 Å². The third-order valence-corrected chi connectivity index (χ3v) is 10.0. The Bertz CT molecular complexity index is 1520. The van der Waals surface area contributed by atoms with Gasteiger partial charge in [-0.1, -0.05) is 43.5 Å². The minimum Gasteiger partial charge on any atom is -0.486 e. The number of halogens is 1. The molecule has 0 bridgehead atoms. The molecule has 2 amide bonds. The largest absolute Gasteiger partial charge is 0.486 e. The number of aryl methyl sites for hydroxylation is 1. The first-order valence-electron chi connectivity index (χ1n) is 16.1. The maximum Gasteiger partial charge on any atom is 0.257 e. The quantitative estimate of drug-likeness (QED) is 0.312. The lowest BCUT2D eigenvalue weighted by Gasteiger charge is -2.48. The predicted molar refractivity (Wildman–Crippen MR) is 168 cm³/mol. The molecule has 3 aromatic carbocycles. The standard InChI is InChI=1S/C36H40FN3O4/c1-22-6-4-10-29(37)33(22)36(42)40-30-11-5-7-24(30)20-28(35(41)39-27-16-17-31-32(21-27)44-19-18-43-31)34(40)23-12-14-26(15-13-23)38-25-8-2-3-9-25/h4,6,10,12-17,21,24-25,28,30,34,38H,2-3,5,7-9,11,18-20H2,1H3,(H,39,41)/t24-,28?,30-,34?/m0/s1. The van der Waals surface area contributed by atoms with Crippen molar-refractivity contribution in [2.24, 2.45) is 11.8 Å². The highest BCUT2D eigenvalue weighted by molar-refractivity contribution is 5.98. The van der Waals surface area contributed by atoms with Crippen molar-refractivity contribution in [3.63, 3.8) is 0 Å². The van der Waals surface area contributed by atoms with Crippen LogP contribution in [0.2, 0.25) is 0 Å². The van der Waals surface area contributed by atoms with Crippen LogP contribution in [-0.2, 0) is 4.79 Å². The highest BCUT2D eigenvalue weighted by atomic mass is 19.1. The summed E-state index contributed by atoms with van der Waals surface area (Å²) < 4.78 is 26.7. The molecule has 3 fully saturated rings. The average molecular weight is 598 g/mol. The lowest BCUT2D eigenvalue weighted by atomic mass is 9.76. The fourth-order valence-corrected chi connectivity index (χ4v) is 7.90. The van der Waals surface area contributed by atoms with Crippen molar-refractivity contribution in [2.75, 3.05) is 23.8 Å². The highest BCUT2D eigenvalue weighted by Gasteiger charge is 2.50. The lowest BCUT2D eigenvalue weighted by Crippen LogP contribution is -2.54. The average Bonchev–Trinajstić information content (AvgIpc) is 3.72. The molecular formula is C36H40FN3O4. The molecule has 4 atom stereocenters. The van der Waals surface area contributed by atoms with E-state index in [0.29, 0.717) is 48.4 Å². The van der Waals surface area contributed by atoms with Crippen molar-refractivity contribution in [3.8, 4) is 11.5 Å². The summed E-state index contributed by atoms with van der Waals surface area (Å²) in [5, 5.41) is 6.77. The van der Waals surface area contributed by atoms with Crippen LogP contribution >= 0.6 is 0 Å². The van der Waals surface area contributed by atoms with Crippen molar-refractivity contribution < 1.29 is 23.5 Å². The van der Waals surface area contributed by atoms with E-state index < -0.39 is 17.8 Å². The fourth-order valence-electron chi connectivity index (χ4n) is 7.90. The fraction of sp³-hybridized carbons (Fsp3) is 0.444. The summed E-state index contributed by atoms with van der Waals surface area (Å²) in [5.74, 6) is -0.124. The second kappa shape index (κ2) is 12.1. The van der Waals surface area contributed by atoms with Crippen molar-refractivity contribution >= 4 is 23.2 Å². The van der Waals surface area contributed by atoms with Crippen molar-refractivity contribution in [1.82, 2.24) is 4.90 Å². The second-order valence-electron chi connectivity index (χ2n) is 12.8. The zero-order valence-corrected chi connectivity index (χ0v) is 25.2. The van der Waals surface area contributed by atoms with E-state index in [-0.39, 0.29) is 29.3 Å². The molecule has 2 saturated carbocycles. The Kier molecular flexibility index (Phi) is 7.91. The van der Waals surface area contributed by atoms with E-state index in [2.05, 4.69) is 22.8 Å². The predicted octanol–water partition coefficient (Wildman–Crippen LogP) is 7.27. The second-order valence-corrected chi connectivity index (χ2v) is 12.8. The van der Waals surface area contributed by atoms with Gasteiger partial charge in [-0.25, -0.2) is 4.39 Å². The molecule has 0 spiro atoms.